The number of anilines is 2. The molecule has 31 heavy (non-hydrogen) atoms. The lowest BCUT2D eigenvalue weighted by Crippen LogP contribution is -2.32. The number of aryl methyl sites for hydroxylation is 2. The molecule has 0 fully saturated rings. The molecular formula is C23H24N4O4. The minimum absolute atomic E-state index is 0.152. The second kappa shape index (κ2) is 10.1. The van der Waals surface area contributed by atoms with Gasteiger partial charge in [0.1, 0.15) is 5.76 Å². The van der Waals surface area contributed by atoms with Gasteiger partial charge in [0, 0.05) is 16.9 Å². The van der Waals surface area contributed by atoms with Gasteiger partial charge in [-0.1, -0.05) is 17.2 Å². The molecule has 160 valence electrons. The Morgan fingerprint density at radius 2 is 1.48 bits per heavy atom. The molecule has 8 heteroatoms. The van der Waals surface area contributed by atoms with Crippen LogP contribution in [0.5, 0.6) is 0 Å². The van der Waals surface area contributed by atoms with Gasteiger partial charge in [-0.05, 0) is 62.4 Å². The van der Waals surface area contributed by atoms with Crippen molar-refractivity contribution in [2.24, 2.45) is 0 Å². The van der Waals surface area contributed by atoms with E-state index in [0.717, 1.165) is 11.1 Å². The molecule has 0 bridgehead atoms. The van der Waals surface area contributed by atoms with E-state index in [2.05, 4.69) is 21.3 Å². The highest BCUT2D eigenvalue weighted by atomic mass is 16.3. The van der Waals surface area contributed by atoms with Crippen LogP contribution in [0, 0.1) is 13.8 Å². The number of hydrogen-bond donors (Lipinski definition) is 4. The smallest absolute Gasteiger partial charge is 0.319 e. The van der Waals surface area contributed by atoms with Crippen LogP contribution in [0.25, 0.3) is 0 Å². The fourth-order valence-electron chi connectivity index (χ4n) is 2.97. The maximum Gasteiger partial charge on any atom is 0.319 e. The maximum absolute atomic E-state index is 12.2. The predicted molar refractivity (Wildman–Crippen MR) is 118 cm³/mol. The molecular weight excluding hydrogens is 396 g/mol. The Hall–Kier alpha value is -4.07. The average Bonchev–Trinajstić information content (AvgIpc) is 3.25. The maximum atomic E-state index is 12.2. The van der Waals surface area contributed by atoms with Crippen LogP contribution < -0.4 is 21.3 Å². The first-order valence-electron chi connectivity index (χ1n) is 9.73. The molecule has 4 amide bonds. The topological polar surface area (TPSA) is 112 Å². The third-order valence-corrected chi connectivity index (χ3v) is 4.32. The molecule has 3 rings (SSSR count). The highest BCUT2D eigenvalue weighted by Crippen LogP contribution is 2.13. The molecule has 8 nitrogen and oxygen atoms in total. The van der Waals surface area contributed by atoms with Crippen LogP contribution in [0.1, 0.15) is 27.2 Å². The van der Waals surface area contributed by atoms with Crippen molar-refractivity contribution >= 4 is 29.2 Å². The number of urea groups is 1. The number of hydrogen-bond acceptors (Lipinski definition) is 4. The second-order valence-corrected chi connectivity index (χ2v) is 7.07. The van der Waals surface area contributed by atoms with Gasteiger partial charge < -0.3 is 25.7 Å². The molecule has 1 heterocycles. The summed E-state index contributed by atoms with van der Waals surface area (Å²) in [6.45, 7) is 3.96. The summed E-state index contributed by atoms with van der Waals surface area (Å²) in [5.74, 6) is -0.00508. The largest absolute Gasteiger partial charge is 0.467 e. The van der Waals surface area contributed by atoms with E-state index in [4.69, 9.17) is 4.42 Å². The molecule has 2 aromatic carbocycles. The van der Waals surface area contributed by atoms with Crippen molar-refractivity contribution in [2.75, 3.05) is 17.2 Å². The molecule has 3 aromatic rings. The standard InChI is InChI=1S/C23H24N4O4/c1-15-10-16(2)12-17(11-15)22(29)24-14-21(28)26-18-5-7-19(8-6-18)27-23(30)25-13-20-4-3-9-31-20/h3-12H,13-14H2,1-2H3,(H,24,29)(H,26,28)(H2,25,27,30). The van der Waals surface area contributed by atoms with Crippen LogP contribution in [0.15, 0.2) is 65.3 Å². The Balaban J connectivity index is 1.43. The zero-order chi connectivity index (χ0) is 22.2. The number of carbonyl (C=O) groups is 3. The van der Waals surface area contributed by atoms with Gasteiger partial charge >= 0.3 is 6.03 Å². The average molecular weight is 420 g/mol. The van der Waals surface area contributed by atoms with Gasteiger partial charge in [0.2, 0.25) is 5.91 Å². The first-order chi connectivity index (χ1) is 14.9. The summed E-state index contributed by atoms with van der Waals surface area (Å²) in [7, 11) is 0. The molecule has 0 radical (unpaired) electrons. The SMILES string of the molecule is Cc1cc(C)cc(C(=O)NCC(=O)Nc2ccc(NC(=O)NCc3ccco3)cc2)c1. The first-order valence-corrected chi connectivity index (χ1v) is 9.73. The molecule has 0 spiro atoms. The highest BCUT2D eigenvalue weighted by Gasteiger charge is 2.10. The van der Waals surface area contributed by atoms with Crippen LogP contribution in [0.4, 0.5) is 16.2 Å². The van der Waals surface area contributed by atoms with Gasteiger partial charge in [0.25, 0.3) is 5.91 Å². The molecule has 0 saturated heterocycles. The van der Waals surface area contributed by atoms with Crippen LogP contribution in [0.2, 0.25) is 0 Å². The fraction of sp³-hybridized carbons (Fsp3) is 0.174. The Bertz CT molecular complexity index is 1040. The van der Waals surface area contributed by atoms with Crippen molar-refractivity contribution in [1.82, 2.24) is 10.6 Å². The van der Waals surface area contributed by atoms with E-state index in [1.54, 1.807) is 48.5 Å². The van der Waals surface area contributed by atoms with E-state index >= 15 is 0 Å². The van der Waals surface area contributed by atoms with Crippen LogP contribution in [-0.4, -0.2) is 24.4 Å². The van der Waals surface area contributed by atoms with Crippen molar-refractivity contribution in [3.8, 4) is 0 Å². The minimum Gasteiger partial charge on any atom is -0.467 e. The van der Waals surface area contributed by atoms with E-state index in [1.807, 2.05) is 19.9 Å². The monoisotopic (exact) mass is 420 g/mol. The number of rotatable bonds is 7. The molecule has 1 aromatic heterocycles. The Kier molecular flexibility index (Phi) is 7.05. The van der Waals surface area contributed by atoms with Crippen LogP contribution in [0.3, 0.4) is 0 Å². The summed E-state index contributed by atoms with van der Waals surface area (Å²) >= 11 is 0. The summed E-state index contributed by atoms with van der Waals surface area (Å²) in [6.07, 6.45) is 1.54. The van der Waals surface area contributed by atoms with Crippen molar-refractivity contribution in [1.29, 1.82) is 0 Å². The predicted octanol–water partition coefficient (Wildman–Crippen LogP) is 3.59. The molecule has 0 aliphatic carbocycles. The Morgan fingerprint density at radius 1 is 0.839 bits per heavy atom. The van der Waals surface area contributed by atoms with Gasteiger partial charge in [0.15, 0.2) is 0 Å². The summed E-state index contributed by atoms with van der Waals surface area (Å²) in [5, 5.41) is 10.7. The van der Waals surface area contributed by atoms with Crippen molar-refractivity contribution in [2.45, 2.75) is 20.4 Å². The zero-order valence-corrected chi connectivity index (χ0v) is 17.3. The van der Waals surface area contributed by atoms with Crippen molar-refractivity contribution < 1.29 is 18.8 Å². The quantitative estimate of drug-likeness (QED) is 0.468. The molecule has 0 atom stereocenters. The van der Waals surface area contributed by atoms with Gasteiger partial charge in [0.05, 0.1) is 19.4 Å². The van der Waals surface area contributed by atoms with Crippen LogP contribution >= 0.6 is 0 Å². The highest BCUT2D eigenvalue weighted by molar-refractivity contribution is 5.99. The van der Waals surface area contributed by atoms with Crippen molar-refractivity contribution in [3.63, 3.8) is 0 Å². The molecule has 0 unspecified atom stereocenters. The molecule has 4 N–H and O–H groups in total. The van der Waals surface area contributed by atoms with E-state index in [-0.39, 0.29) is 30.9 Å². The second-order valence-electron chi connectivity index (χ2n) is 7.07. The summed E-state index contributed by atoms with van der Waals surface area (Å²) in [6, 6.07) is 15.3. The molecule has 0 aliphatic rings. The lowest BCUT2D eigenvalue weighted by Gasteiger charge is -2.10. The van der Waals surface area contributed by atoms with E-state index in [9.17, 15) is 14.4 Å². The zero-order valence-electron chi connectivity index (χ0n) is 17.3. The minimum atomic E-state index is -0.373. The summed E-state index contributed by atoms with van der Waals surface area (Å²) in [4.78, 5) is 36.3. The third kappa shape index (κ3) is 6.74. The van der Waals surface area contributed by atoms with Gasteiger partial charge in [-0.25, -0.2) is 4.79 Å². The Morgan fingerprint density at radius 3 is 2.10 bits per heavy atom. The third-order valence-electron chi connectivity index (χ3n) is 4.32. The van der Waals surface area contributed by atoms with E-state index < -0.39 is 0 Å². The number of benzene rings is 2. The van der Waals surface area contributed by atoms with E-state index in [0.29, 0.717) is 22.7 Å². The lowest BCUT2D eigenvalue weighted by atomic mass is 10.1. The number of amides is 4. The van der Waals surface area contributed by atoms with E-state index in [1.165, 1.54) is 6.26 Å². The fourth-order valence-corrected chi connectivity index (χ4v) is 2.97. The number of furan rings is 1. The molecule has 0 aliphatic heterocycles. The number of carbonyl (C=O) groups excluding carboxylic acids is 3. The van der Waals surface area contributed by atoms with Gasteiger partial charge in [-0.2, -0.15) is 0 Å². The summed E-state index contributed by atoms with van der Waals surface area (Å²) < 4.78 is 5.15. The Labute approximate surface area is 180 Å². The normalized spacial score (nSPS) is 10.3. The van der Waals surface area contributed by atoms with Crippen LogP contribution in [-0.2, 0) is 11.3 Å². The molecule has 0 saturated carbocycles. The van der Waals surface area contributed by atoms with Gasteiger partial charge in [-0.15, -0.1) is 0 Å². The summed E-state index contributed by atoms with van der Waals surface area (Å²) in [5.41, 5.74) is 3.60. The van der Waals surface area contributed by atoms with Crippen molar-refractivity contribution in [3.05, 3.63) is 83.3 Å². The number of nitrogens with one attached hydrogen (secondary N) is 4. The first kappa shape index (κ1) is 21.6. The van der Waals surface area contributed by atoms with Gasteiger partial charge in [-0.3, -0.25) is 9.59 Å². The lowest BCUT2D eigenvalue weighted by molar-refractivity contribution is -0.115.